The lowest BCUT2D eigenvalue weighted by Gasteiger charge is -2.19. The number of nitrogen functional groups attached to an aromatic ring is 1. The molecule has 0 amide bonds. The van der Waals surface area contributed by atoms with Gasteiger partial charge in [0, 0.05) is 6.54 Å². The van der Waals surface area contributed by atoms with Crippen LogP contribution in [0.5, 0.6) is 0 Å². The average molecular weight is 354 g/mol. The molecular weight excluding hydrogens is 328 g/mol. The van der Waals surface area contributed by atoms with E-state index in [-0.39, 0.29) is 0 Å². The molecule has 2 aromatic heterocycles. The van der Waals surface area contributed by atoms with E-state index in [0.29, 0.717) is 35.0 Å². The number of hydrogen-bond donors (Lipinski definition) is 1. The fourth-order valence-electron chi connectivity index (χ4n) is 2.86. The standard InChI is InChI=1S/C20H26N4O2/c1-12(2)10-11-24-17(21)15(19(25)26-20(3,4)5)16-18(24)23-14-9-7-6-8-13(14)22-16/h6-9,12H,10-11,21H2,1-5H3. The van der Waals surface area contributed by atoms with Crippen LogP contribution in [0.1, 0.15) is 51.4 Å². The zero-order valence-corrected chi connectivity index (χ0v) is 16.0. The zero-order valence-electron chi connectivity index (χ0n) is 16.0. The Hall–Kier alpha value is -2.63. The van der Waals surface area contributed by atoms with Gasteiger partial charge in [-0.1, -0.05) is 26.0 Å². The lowest BCUT2D eigenvalue weighted by Crippen LogP contribution is -2.24. The lowest BCUT2D eigenvalue weighted by atomic mass is 10.1. The molecule has 26 heavy (non-hydrogen) atoms. The van der Waals surface area contributed by atoms with Crippen molar-refractivity contribution >= 4 is 34.0 Å². The Bertz CT molecular complexity index is 967. The first kappa shape index (κ1) is 18.2. The van der Waals surface area contributed by atoms with Crippen molar-refractivity contribution in [3.8, 4) is 0 Å². The number of hydrogen-bond acceptors (Lipinski definition) is 5. The number of carbonyl (C=O) groups is 1. The van der Waals surface area contributed by atoms with Crippen LogP contribution in [0.15, 0.2) is 24.3 Å². The molecule has 6 heteroatoms. The summed E-state index contributed by atoms with van der Waals surface area (Å²) in [5.41, 5.74) is 8.69. The highest BCUT2D eigenvalue weighted by Gasteiger charge is 2.28. The Morgan fingerprint density at radius 2 is 1.81 bits per heavy atom. The van der Waals surface area contributed by atoms with Gasteiger partial charge >= 0.3 is 5.97 Å². The number of carbonyl (C=O) groups excluding carboxylic acids is 1. The largest absolute Gasteiger partial charge is 0.456 e. The van der Waals surface area contributed by atoms with Crippen molar-refractivity contribution in [2.75, 3.05) is 5.73 Å². The average Bonchev–Trinajstić information content (AvgIpc) is 2.79. The molecule has 0 bridgehead atoms. The number of anilines is 1. The summed E-state index contributed by atoms with van der Waals surface area (Å²) in [5.74, 6) is 0.406. The summed E-state index contributed by atoms with van der Waals surface area (Å²) < 4.78 is 7.45. The number of para-hydroxylation sites is 2. The number of nitrogens with zero attached hydrogens (tertiary/aromatic N) is 3. The van der Waals surface area contributed by atoms with Gasteiger partial charge in [-0.15, -0.1) is 0 Å². The molecule has 0 saturated heterocycles. The summed E-state index contributed by atoms with van der Waals surface area (Å²) in [7, 11) is 0. The first-order valence-electron chi connectivity index (χ1n) is 8.95. The minimum absolute atomic E-state index is 0.303. The highest BCUT2D eigenvalue weighted by molar-refractivity contribution is 6.08. The molecule has 0 spiro atoms. The van der Waals surface area contributed by atoms with E-state index in [4.69, 9.17) is 15.5 Å². The van der Waals surface area contributed by atoms with Gasteiger partial charge in [-0.2, -0.15) is 0 Å². The van der Waals surface area contributed by atoms with E-state index in [1.165, 1.54) is 0 Å². The molecule has 1 aromatic carbocycles. The highest BCUT2D eigenvalue weighted by atomic mass is 16.6. The van der Waals surface area contributed by atoms with Crippen molar-refractivity contribution in [3.63, 3.8) is 0 Å². The normalized spacial score (nSPS) is 12.2. The van der Waals surface area contributed by atoms with Gasteiger partial charge in [0.1, 0.15) is 22.5 Å². The Balaban J connectivity index is 2.23. The van der Waals surface area contributed by atoms with Crippen LogP contribution in [0.3, 0.4) is 0 Å². The molecular formula is C20H26N4O2. The Labute approximate surface area is 153 Å². The number of aromatic nitrogens is 3. The van der Waals surface area contributed by atoms with Crippen LogP contribution in [0.25, 0.3) is 22.2 Å². The second kappa shape index (κ2) is 6.59. The number of aryl methyl sites for hydroxylation is 1. The second-order valence-corrected chi connectivity index (χ2v) is 7.98. The number of fused-ring (bicyclic) bond motifs is 2. The van der Waals surface area contributed by atoms with Crippen LogP contribution in [-0.4, -0.2) is 26.1 Å². The van der Waals surface area contributed by atoms with Gasteiger partial charge in [-0.3, -0.25) is 0 Å². The molecule has 0 aliphatic rings. The third-order valence-corrected chi connectivity index (χ3v) is 4.12. The highest BCUT2D eigenvalue weighted by Crippen LogP contribution is 2.30. The number of rotatable bonds is 4. The topological polar surface area (TPSA) is 83.0 Å². The summed E-state index contributed by atoms with van der Waals surface area (Å²) in [6.45, 7) is 10.5. The third kappa shape index (κ3) is 3.49. The molecule has 0 atom stereocenters. The fraction of sp³-hybridized carbons (Fsp3) is 0.450. The number of esters is 1. The minimum Gasteiger partial charge on any atom is -0.456 e. The summed E-state index contributed by atoms with van der Waals surface area (Å²) in [6.07, 6.45) is 0.927. The Morgan fingerprint density at radius 1 is 1.19 bits per heavy atom. The summed E-state index contributed by atoms with van der Waals surface area (Å²) >= 11 is 0. The lowest BCUT2D eigenvalue weighted by molar-refractivity contribution is 0.00727. The zero-order chi connectivity index (χ0) is 19.1. The van der Waals surface area contributed by atoms with E-state index in [1.807, 2.05) is 49.6 Å². The van der Waals surface area contributed by atoms with Gasteiger partial charge in [0.2, 0.25) is 0 Å². The van der Waals surface area contributed by atoms with Gasteiger partial charge < -0.3 is 15.0 Å². The van der Waals surface area contributed by atoms with Crippen LogP contribution in [0.4, 0.5) is 5.82 Å². The van der Waals surface area contributed by atoms with Gasteiger partial charge in [0.15, 0.2) is 5.65 Å². The SMILES string of the molecule is CC(C)CCn1c(N)c(C(=O)OC(C)(C)C)c2nc3ccccc3nc21. The summed E-state index contributed by atoms with van der Waals surface area (Å²) in [6, 6.07) is 7.60. The smallest absolute Gasteiger partial charge is 0.344 e. The predicted molar refractivity (Wildman–Crippen MR) is 104 cm³/mol. The first-order chi connectivity index (χ1) is 12.2. The molecule has 0 aliphatic carbocycles. The summed E-state index contributed by atoms with van der Waals surface area (Å²) in [4.78, 5) is 22.2. The molecule has 0 radical (unpaired) electrons. The van der Waals surface area contributed by atoms with Gasteiger partial charge in [-0.25, -0.2) is 14.8 Å². The first-order valence-corrected chi connectivity index (χ1v) is 8.95. The van der Waals surface area contributed by atoms with Crippen LogP contribution in [0, 0.1) is 5.92 Å². The van der Waals surface area contributed by atoms with Gasteiger partial charge in [0.25, 0.3) is 0 Å². The van der Waals surface area contributed by atoms with Crippen LogP contribution < -0.4 is 5.73 Å². The molecule has 6 nitrogen and oxygen atoms in total. The minimum atomic E-state index is -0.611. The van der Waals surface area contributed by atoms with E-state index in [0.717, 1.165) is 17.5 Å². The van der Waals surface area contributed by atoms with E-state index < -0.39 is 11.6 Å². The molecule has 0 unspecified atom stereocenters. The molecule has 0 aliphatic heterocycles. The van der Waals surface area contributed by atoms with Crippen molar-refractivity contribution < 1.29 is 9.53 Å². The molecule has 0 saturated carbocycles. The van der Waals surface area contributed by atoms with E-state index in [9.17, 15) is 4.79 Å². The molecule has 3 rings (SSSR count). The number of benzene rings is 1. The van der Waals surface area contributed by atoms with Gasteiger partial charge in [0.05, 0.1) is 11.0 Å². The quantitative estimate of drug-likeness (QED) is 0.711. The second-order valence-electron chi connectivity index (χ2n) is 7.98. The maximum absolute atomic E-state index is 12.8. The number of nitrogens with two attached hydrogens (primary N) is 1. The molecule has 0 fully saturated rings. The van der Waals surface area contributed by atoms with Crippen LogP contribution in [-0.2, 0) is 11.3 Å². The molecule has 3 aromatic rings. The van der Waals surface area contributed by atoms with Crippen molar-refractivity contribution in [2.45, 2.75) is 53.2 Å². The van der Waals surface area contributed by atoms with Gasteiger partial charge in [-0.05, 0) is 45.2 Å². The van der Waals surface area contributed by atoms with Crippen LogP contribution in [0.2, 0.25) is 0 Å². The maximum Gasteiger partial charge on any atom is 0.344 e. The Kier molecular flexibility index (Phi) is 4.61. The monoisotopic (exact) mass is 354 g/mol. The fourth-order valence-corrected chi connectivity index (χ4v) is 2.86. The Morgan fingerprint density at radius 3 is 2.38 bits per heavy atom. The van der Waals surface area contributed by atoms with Crippen molar-refractivity contribution in [1.82, 2.24) is 14.5 Å². The van der Waals surface area contributed by atoms with Crippen molar-refractivity contribution in [3.05, 3.63) is 29.8 Å². The van der Waals surface area contributed by atoms with Crippen molar-refractivity contribution in [2.24, 2.45) is 5.92 Å². The molecule has 2 heterocycles. The maximum atomic E-state index is 12.8. The predicted octanol–water partition coefficient (Wildman–Crippen LogP) is 4.17. The van der Waals surface area contributed by atoms with E-state index >= 15 is 0 Å². The van der Waals surface area contributed by atoms with Crippen molar-refractivity contribution in [1.29, 1.82) is 0 Å². The summed E-state index contributed by atoms with van der Waals surface area (Å²) in [5, 5.41) is 0. The molecule has 2 N–H and O–H groups in total. The van der Waals surface area contributed by atoms with E-state index in [1.54, 1.807) is 0 Å². The number of ether oxygens (including phenoxy) is 1. The third-order valence-electron chi connectivity index (χ3n) is 4.12. The van der Waals surface area contributed by atoms with E-state index in [2.05, 4.69) is 18.8 Å². The molecule has 138 valence electrons. The van der Waals surface area contributed by atoms with Crippen LogP contribution >= 0.6 is 0 Å².